The van der Waals surface area contributed by atoms with Crippen molar-refractivity contribution < 1.29 is 9.59 Å². The van der Waals surface area contributed by atoms with Gasteiger partial charge in [-0.1, -0.05) is 58.9 Å². The molecule has 0 saturated heterocycles. The van der Waals surface area contributed by atoms with Gasteiger partial charge in [0.15, 0.2) is 0 Å². The largest absolute Gasteiger partial charge is 0.345 e. The van der Waals surface area contributed by atoms with Crippen molar-refractivity contribution in [3.05, 3.63) is 65.2 Å². The van der Waals surface area contributed by atoms with Crippen LogP contribution in [0, 0.1) is 5.92 Å². The van der Waals surface area contributed by atoms with Gasteiger partial charge in [0.05, 0.1) is 6.54 Å². The van der Waals surface area contributed by atoms with E-state index in [9.17, 15) is 9.59 Å². The Morgan fingerprint density at radius 3 is 1.97 bits per heavy atom. The van der Waals surface area contributed by atoms with Crippen molar-refractivity contribution in [3.8, 4) is 0 Å². The van der Waals surface area contributed by atoms with Crippen LogP contribution in [0.25, 0.3) is 0 Å². The van der Waals surface area contributed by atoms with Gasteiger partial charge in [0.25, 0.3) is 5.91 Å². The third kappa shape index (κ3) is 6.42. The highest BCUT2D eigenvalue weighted by Gasteiger charge is 2.19. The Hall–Kier alpha value is -2.66. The topological polar surface area (TPSA) is 61.4 Å². The van der Waals surface area contributed by atoms with E-state index in [-0.39, 0.29) is 29.8 Å². The summed E-state index contributed by atoms with van der Waals surface area (Å²) in [6.45, 7) is 11.1. The first kappa shape index (κ1) is 23.6. The molecule has 0 unspecified atom stereocenters. The SMILES string of the molecule is CC(C)[C@@H](NCC(=O)Nc1ccc(C(=O)N(C)C)cc1)c1ccc(C(C)(C)C)cc1. The number of nitrogens with one attached hydrogen (secondary N) is 2. The van der Waals surface area contributed by atoms with Crippen molar-refractivity contribution in [3.63, 3.8) is 0 Å². The molecule has 0 aliphatic carbocycles. The van der Waals surface area contributed by atoms with E-state index in [4.69, 9.17) is 0 Å². The lowest BCUT2D eigenvalue weighted by Crippen LogP contribution is -2.33. The molecule has 0 saturated carbocycles. The molecule has 1 atom stereocenters. The number of hydrogen-bond donors (Lipinski definition) is 2. The van der Waals surface area contributed by atoms with Crippen molar-refractivity contribution in [1.29, 1.82) is 0 Å². The second-order valence-electron chi connectivity index (χ2n) is 9.30. The van der Waals surface area contributed by atoms with Gasteiger partial charge in [0, 0.05) is 31.4 Å². The summed E-state index contributed by atoms with van der Waals surface area (Å²) >= 11 is 0. The maximum absolute atomic E-state index is 12.4. The van der Waals surface area contributed by atoms with E-state index >= 15 is 0 Å². The predicted octanol–water partition coefficient (Wildman–Crippen LogP) is 4.61. The first-order chi connectivity index (χ1) is 14.0. The first-order valence-corrected chi connectivity index (χ1v) is 10.4. The van der Waals surface area contributed by atoms with Crippen molar-refractivity contribution in [2.24, 2.45) is 5.92 Å². The molecule has 0 aromatic heterocycles. The zero-order valence-electron chi connectivity index (χ0n) is 19.2. The maximum atomic E-state index is 12.4. The molecule has 2 aromatic rings. The van der Waals surface area contributed by atoms with Gasteiger partial charge in [-0.25, -0.2) is 0 Å². The molecule has 0 fully saturated rings. The average molecular weight is 410 g/mol. The fourth-order valence-electron chi connectivity index (χ4n) is 3.29. The van der Waals surface area contributed by atoms with E-state index in [0.717, 1.165) is 0 Å². The number of anilines is 1. The number of hydrogen-bond acceptors (Lipinski definition) is 3. The molecule has 30 heavy (non-hydrogen) atoms. The Bertz CT molecular complexity index is 847. The summed E-state index contributed by atoms with van der Waals surface area (Å²) in [6.07, 6.45) is 0. The van der Waals surface area contributed by atoms with Gasteiger partial charge < -0.3 is 15.5 Å². The van der Waals surface area contributed by atoms with Gasteiger partial charge >= 0.3 is 0 Å². The van der Waals surface area contributed by atoms with Crippen molar-refractivity contribution in [2.45, 2.75) is 46.1 Å². The molecule has 5 heteroatoms. The maximum Gasteiger partial charge on any atom is 0.253 e. The highest BCUT2D eigenvalue weighted by Crippen LogP contribution is 2.26. The van der Waals surface area contributed by atoms with E-state index in [1.807, 2.05) is 0 Å². The third-order valence-corrected chi connectivity index (χ3v) is 5.11. The summed E-state index contributed by atoms with van der Waals surface area (Å²) < 4.78 is 0. The van der Waals surface area contributed by atoms with Crippen LogP contribution < -0.4 is 10.6 Å². The van der Waals surface area contributed by atoms with Gasteiger partial charge in [0.1, 0.15) is 0 Å². The number of amides is 2. The molecule has 0 heterocycles. The van der Waals surface area contributed by atoms with Gasteiger partial charge in [-0.3, -0.25) is 9.59 Å². The highest BCUT2D eigenvalue weighted by molar-refractivity contribution is 5.96. The summed E-state index contributed by atoms with van der Waals surface area (Å²) in [6, 6.07) is 15.7. The predicted molar refractivity (Wildman–Crippen MR) is 124 cm³/mol. The van der Waals surface area contributed by atoms with Crippen LogP contribution in [-0.4, -0.2) is 37.4 Å². The molecule has 0 aliphatic rings. The van der Waals surface area contributed by atoms with Crippen LogP contribution in [-0.2, 0) is 10.2 Å². The fraction of sp³-hybridized carbons (Fsp3) is 0.440. The van der Waals surface area contributed by atoms with Gasteiger partial charge in [0.2, 0.25) is 5.91 Å². The summed E-state index contributed by atoms with van der Waals surface area (Å²) in [4.78, 5) is 25.9. The monoisotopic (exact) mass is 409 g/mol. The van der Waals surface area contributed by atoms with E-state index in [1.54, 1.807) is 38.4 Å². The number of carbonyl (C=O) groups excluding carboxylic acids is 2. The quantitative estimate of drug-likeness (QED) is 0.702. The van der Waals surface area contributed by atoms with E-state index in [0.29, 0.717) is 17.2 Å². The number of nitrogens with zero attached hydrogens (tertiary/aromatic N) is 1. The molecule has 5 nitrogen and oxygen atoms in total. The van der Waals surface area contributed by atoms with Crippen LogP contribution in [0.3, 0.4) is 0 Å². The molecule has 162 valence electrons. The molecule has 0 aliphatic heterocycles. The van der Waals surface area contributed by atoms with Crippen LogP contribution in [0.15, 0.2) is 48.5 Å². The summed E-state index contributed by atoms with van der Waals surface area (Å²) in [7, 11) is 3.43. The lowest BCUT2D eigenvalue weighted by molar-refractivity contribution is -0.115. The number of benzene rings is 2. The molecular weight excluding hydrogens is 374 g/mol. The van der Waals surface area contributed by atoms with Crippen molar-refractivity contribution in [1.82, 2.24) is 10.2 Å². The van der Waals surface area contributed by atoms with Gasteiger partial charge in [-0.05, 0) is 46.7 Å². The van der Waals surface area contributed by atoms with Crippen LogP contribution in [0.4, 0.5) is 5.69 Å². The molecular formula is C25H35N3O2. The molecule has 2 N–H and O–H groups in total. The number of rotatable bonds is 7. The minimum Gasteiger partial charge on any atom is -0.345 e. The van der Waals surface area contributed by atoms with Crippen molar-refractivity contribution in [2.75, 3.05) is 26.0 Å². The van der Waals surface area contributed by atoms with Crippen LogP contribution in [0.2, 0.25) is 0 Å². The van der Waals surface area contributed by atoms with Crippen LogP contribution in [0.1, 0.15) is 62.1 Å². The average Bonchev–Trinajstić information content (AvgIpc) is 2.67. The molecule has 0 radical (unpaired) electrons. The van der Waals surface area contributed by atoms with Crippen LogP contribution in [0.5, 0.6) is 0 Å². The Morgan fingerprint density at radius 1 is 0.933 bits per heavy atom. The second kappa shape index (κ2) is 9.90. The normalized spacial score (nSPS) is 12.5. The molecule has 2 amide bonds. The third-order valence-electron chi connectivity index (χ3n) is 5.11. The van der Waals surface area contributed by atoms with E-state index in [2.05, 4.69) is 69.5 Å². The smallest absolute Gasteiger partial charge is 0.253 e. The Balaban J connectivity index is 1.98. The second-order valence-corrected chi connectivity index (χ2v) is 9.30. The Kier molecular flexibility index (Phi) is 7.79. The molecule has 2 rings (SSSR count). The zero-order chi connectivity index (χ0) is 22.5. The standard InChI is InChI=1S/C25H35N3O2/c1-17(2)23(18-8-12-20(13-9-18)25(3,4)5)26-16-22(29)27-21-14-10-19(11-15-21)24(30)28(6)7/h8-15,17,23,26H,16H2,1-7H3,(H,27,29)/t23-/m1/s1. The lowest BCUT2D eigenvalue weighted by Gasteiger charge is -2.25. The minimum absolute atomic E-state index is 0.0632. The molecule has 0 bridgehead atoms. The van der Waals surface area contributed by atoms with E-state index < -0.39 is 0 Å². The van der Waals surface area contributed by atoms with Crippen LogP contribution >= 0.6 is 0 Å². The molecule has 2 aromatic carbocycles. The summed E-state index contributed by atoms with van der Waals surface area (Å²) in [5.74, 6) is 0.167. The lowest BCUT2D eigenvalue weighted by atomic mass is 9.85. The first-order valence-electron chi connectivity index (χ1n) is 10.4. The minimum atomic E-state index is -0.112. The van der Waals surface area contributed by atoms with Gasteiger partial charge in [-0.2, -0.15) is 0 Å². The Morgan fingerprint density at radius 2 is 1.50 bits per heavy atom. The summed E-state index contributed by atoms with van der Waals surface area (Å²) in [5.41, 5.74) is 3.86. The highest BCUT2D eigenvalue weighted by atomic mass is 16.2. The number of carbonyl (C=O) groups is 2. The van der Waals surface area contributed by atoms with Gasteiger partial charge in [-0.15, -0.1) is 0 Å². The fourth-order valence-corrected chi connectivity index (χ4v) is 3.29. The van der Waals surface area contributed by atoms with Crippen molar-refractivity contribution >= 4 is 17.5 Å². The summed E-state index contributed by atoms with van der Waals surface area (Å²) in [5, 5.41) is 6.27. The van der Waals surface area contributed by atoms with E-state index in [1.165, 1.54) is 16.0 Å². The Labute approximate surface area is 180 Å². The zero-order valence-corrected chi connectivity index (χ0v) is 19.2. The molecule has 0 spiro atoms.